The normalized spacial score (nSPS) is 11.8. The zero-order valence-corrected chi connectivity index (χ0v) is 22.0. The standard InChI is InChI=1S/C15H25NS.C6H12.C3H8.C2H6/c1-7-12(6)14(17-15(16)9-3)10-13(8-2)11(4)5;1-3-5-6-4-2;1-3-2;1-2/h7-8,10-11,16H,9H2,1-6H3;5-6H,3-4H2,1-2H3;3H2,1-2H3;1-2H3/b12-7-,13-8+,14-10+,16-15?;6-5+;;. The van der Waals surface area contributed by atoms with Crippen molar-refractivity contribution in [3.63, 3.8) is 0 Å². The van der Waals surface area contributed by atoms with Crippen molar-refractivity contribution in [3.8, 4) is 0 Å². The monoisotopic (exact) mass is 409 g/mol. The lowest BCUT2D eigenvalue weighted by Crippen LogP contribution is -1.95. The molecule has 28 heavy (non-hydrogen) atoms. The van der Waals surface area contributed by atoms with Crippen LogP contribution in [0.1, 0.15) is 109 Å². The molecule has 0 aliphatic heterocycles. The molecule has 0 fully saturated rings. The van der Waals surface area contributed by atoms with Crippen LogP contribution >= 0.6 is 11.8 Å². The highest BCUT2D eigenvalue weighted by atomic mass is 32.2. The summed E-state index contributed by atoms with van der Waals surface area (Å²) in [6.07, 6.45) is 15.2. The third-order valence-corrected chi connectivity index (χ3v) is 4.51. The molecule has 0 saturated carbocycles. The molecular weight excluding hydrogens is 358 g/mol. The van der Waals surface area contributed by atoms with Gasteiger partial charge in [0.2, 0.25) is 0 Å². The van der Waals surface area contributed by atoms with Gasteiger partial charge in [0.1, 0.15) is 0 Å². The fourth-order valence-corrected chi connectivity index (χ4v) is 2.52. The Labute approximate surface area is 183 Å². The maximum absolute atomic E-state index is 7.82. The van der Waals surface area contributed by atoms with Crippen LogP contribution in [0.15, 0.2) is 46.4 Å². The molecule has 0 heterocycles. The minimum Gasteiger partial charge on any atom is -0.298 e. The van der Waals surface area contributed by atoms with Crippen molar-refractivity contribution in [1.29, 1.82) is 5.41 Å². The van der Waals surface area contributed by atoms with Crippen LogP contribution in [-0.4, -0.2) is 5.04 Å². The Morgan fingerprint density at radius 1 is 0.893 bits per heavy atom. The maximum Gasteiger partial charge on any atom is 0.0686 e. The summed E-state index contributed by atoms with van der Waals surface area (Å²) in [7, 11) is 0. The summed E-state index contributed by atoms with van der Waals surface area (Å²) in [5, 5.41) is 8.54. The van der Waals surface area contributed by atoms with Gasteiger partial charge in [0, 0.05) is 4.91 Å². The quantitative estimate of drug-likeness (QED) is 0.192. The Morgan fingerprint density at radius 2 is 1.32 bits per heavy atom. The Bertz CT molecular complexity index is 445. The highest BCUT2D eigenvalue weighted by Gasteiger charge is 2.07. The lowest BCUT2D eigenvalue weighted by Gasteiger charge is -2.11. The molecule has 0 saturated heterocycles. The SMILES string of the molecule is CC.CC/C=C/CC.CCC.C\C=C(C)/C(=C\C(=C/C)C(C)C)SC(=N)CC. The summed E-state index contributed by atoms with van der Waals surface area (Å²) in [6.45, 7) is 25.2. The van der Waals surface area contributed by atoms with Crippen LogP contribution in [0.2, 0.25) is 0 Å². The molecule has 0 aromatic heterocycles. The molecule has 1 nitrogen and oxygen atoms in total. The number of thioether (sulfide) groups is 1. The van der Waals surface area contributed by atoms with Gasteiger partial charge in [-0.15, -0.1) is 0 Å². The van der Waals surface area contributed by atoms with Crippen molar-refractivity contribution in [2.24, 2.45) is 5.92 Å². The van der Waals surface area contributed by atoms with E-state index in [1.165, 1.54) is 35.3 Å². The Hall–Kier alpha value is -1.02. The Morgan fingerprint density at radius 3 is 1.57 bits per heavy atom. The fraction of sp³-hybridized carbons (Fsp3) is 0.654. The first-order valence-corrected chi connectivity index (χ1v) is 12.0. The fourth-order valence-electron chi connectivity index (χ4n) is 1.64. The topological polar surface area (TPSA) is 23.9 Å². The van der Waals surface area contributed by atoms with Crippen LogP contribution in [-0.2, 0) is 0 Å². The zero-order valence-electron chi connectivity index (χ0n) is 21.2. The Balaban J connectivity index is -0.000000216. The molecule has 0 rings (SSSR count). The van der Waals surface area contributed by atoms with E-state index >= 15 is 0 Å². The summed E-state index contributed by atoms with van der Waals surface area (Å²) in [5.41, 5.74) is 2.57. The minimum atomic E-state index is 0.524. The average Bonchev–Trinajstić information content (AvgIpc) is 2.70. The van der Waals surface area contributed by atoms with Gasteiger partial charge in [-0.05, 0) is 63.2 Å². The van der Waals surface area contributed by atoms with Crippen molar-refractivity contribution in [1.82, 2.24) is 0 Å². The highest BCUT2D eigenvalue weighted by Crippen LogP contribution is 2.28. The van der Waals surface area contributed by atoms with Gasteiger partial charge < -0.3 is 0 Å². The first-order valence-electron chi connectivity index (χ1n) is 11.2. The van der Waals surface area contributed by atoms with Gasteiger partial charge in [-0.25, -0.2) is 0 Å². The summed E-state index contributed by atoms with van der Waals surface area (Å²) in [6, 6.07) is 0. The lowest BCUT2D eigenvalue weighted by atomic mass is 10.0. The predicted molar refractivity (Wildman–Crippen MR) is 139 cm³/mol. The van der Waals surface area contributed by atoms with E-state index in [1.807, 2.05) is 27.7 Å². The number of hydrogen-bond acceptors (Lipinski definition) is 2. The van der Waals surface area contributed by atoms with Gasteiger partial charge in [0.15, 0.2) is 0 Å². The summed E-state index contributed by atoms with van der Waals surface area (Å²) in [4.78, 5) is 1.20. The largest absolute Gasteiger partial charge is 0.298 e. The van der Waals surface area contributed by atoms with E-state index in [9.17, 15) is 0 Å². The molecule has 0 aromatic carbocycles. The van der Waals surface area contributed by atoms with E-state index in [4.69, 9.17) is 5.41 Å². The Kier molecular flexibility index (Phi) is 34.7. The van der Waals surface area contributed by atoms with Crippen molar-refractivity contribution in [2.45, 2.75) is 109 Å². The summed E-state index contributed by atoms with van der Waals surface area (Å²) < 4.78 is 0. The molecule has 1 N–H and O–H groups in total. The molecule has 2 heteroatoms. The maximum atomic E-state index is 7.82. The first-order chi connectivity index (χ1) is 13.3. The lowest BCUT2D eigenvalue weighted by molar-refractivity contribution is 0.789. The van der Waals surface area contributed by atoms with E-state index in [1.54, 1.807) is 11.8 Å². The van der Waals surface area contributed by atoms with Crippen LogP contribution in [0.4, 0.5) is 0 Å². The molecule has 0 aliphatic carbocycles. The summed E-state index contributed by atoms with van der Waals surface area (Å²) in [5.74, 6) is 0.524. The van der Waals surface area contributed by atoms with E-state index in [0.29, 0.717) is 5.92 Å². The van der Waals surface area contributed by atoms with Crippen LogP contribution < -0.4 is 0 Å². The molecule has 166 valence electrons. The predicted octanol–water partition coefficient (Wildman–Crippen LogP) is 10.4. The minimum absolute atomic E-state index is 0.524. The van der Waals surface area contributed by atoms with Crippen molar-refractivity contribution >= 4 is 16.8 Å². The van der Waals surface area contributed by atoms with E-state index in [-0.39, 0.29) is 0 Å². The second kappa shape index (κ2) is 28.2. The second-order valence-electron chi connectivity index (χ2n) is 6.30. The zero-order chi connectivity index (χ0) is 23.0. The third kappa shape index (κ3) is 25.0. The molecule has 0 aliphatic rings. The molecule has 0 atom stereocenters. The molecule has 0 bridgehead atoms. The van der Waals surface area contributed by atoms with E-state index in [2.05, 4.69) is 85.8 Å². The van der Waals surface area contributed by atoms with Gasteiger partial charge in [0.05, 0.1) is 5.04 Å². The van der Waals surface area contributed by atoms with Gasteiger partial charge in [0.25, 0.3) is 0 Å². The smallest absolute Gasteiger partial charge is 0.0686 e. The van der Waals surface area contributed by atoms with Crippen LogP contribution in [0.25, 0.3) is 0 Å². The van der Waals surface area contributed by atoms with E-state index in [0.717, 1.165) is 11.5 Å². The molecule has 0 spiro atoms. The van der Waals surface area contributed by atoms with Crippen LogP contribution in [0, 0.1) is 11.3 Å². The third-order valence-electron chi connectivity index (χ3n) is 3.31. The number of allylic oxidation sites excluding steroid dienone is 7. The first kappa shape index (κ1) is 34.5. The van der Waals surface area contributed by atoms with Crippen LogP contribution in [0.5, 0.6) is 0 Å². The van der Waals surface area contributed by atoms with Crippen molar-refractivity contribution in [2.75, 3.05) is 0 Å². The van der Waals surface area contributed by atoms with Gasteiger partial charge >= 0.3 is 0 Å². The molecule has 0 amide bonds. The molecule has 0 aromatic rings. The molecular formula is C26H51NS. The highest BCUT2D eigenvalue weighted by molar-refractivity contribution is 8.17. The molecule has 0 unspecified atom stereocenters. The van der Waals surface area contributed by atoms with Gasteiger partial charge in [-0.2, -0.15) is 0 Å². The number of hydrogen-bond donors (Lipinski definition) is 1. The van der Waals surface area contributed by atoms with E-state index < -0.39 is 0 Å². The second-order valence-corrected chi connectivity index (χ2v) is 7.43. The average molecular weight is 410 g/mol. The van der Waals surface area contributed by atoms with Crippen molar-refractivity contribution < 1.29 is 0 Å². The summed E-state index contributed by atoms with van der Waals surface area (Å²) >= 11 is 1.57. The van der Waals surface area contributed by atoms with Gasteiger partial charge in [-0.3, -0.25) is 5.41 Å². The number of nitrogens with one attached hydrogen (secondary N) is 1. The molecule has 0 radical (unpaired) electrons. The van der Waals surface area contributed by atoms with Crippen LogP contribution in [0.3, 0.4) is 0 Å². The van der Waals surface area contributed by atoms with Gasteiger partial charge in [-0.1, -0.05) is 105 Å². The van der Waals surface area contributed by atoms with Crippen molar-refractivity contribution in [3.05, 3.63) is 46.4 Å². The number of rotatable bonds is 7.